The number of dihydropyridines is 1. The van der Waals surface area contributed by atoms with Gasteiger partial charge in [0.2, 0.25) is 5.91 Å². The zero-order chi connectivity index (χ0) is 30.0. The molecular formula is C29H36F3N5O4. The second-order valence-electron chi connectivity index (χ2n) is 11.0. The quantitative estimate of drug-likeness (QED) is 0.542. The molecule has 3 atom stereocenters. The number of halogens is 3. The van der Waals surface area contributed by atoms with Gasteiger partial charge in [-0.25, -0.2) is 23.0 Å². The molecule has 0 aliphatic carbocycles. The molecule has 0 spiro atoms. The molecule has 1 N–H and O–H groups in total. The van der Waals surface area contributed by atoms with E-state index in [1.807, 2.05) is 31.9 Å². The number of piperazine rings is 1. The molecule has 1 fully saturated rings. The first-order chi connectivity index (χ1) is 19.3. The van der Waals surface area contributed by atoms with Crippen LogP contribution in [-0.4, -0.2) is 91.8 Å². The Morgan fingerprint density at radius 3 is 2.46 bits per heavy atom. The van der Waals surface area contributed by atoms with E-state index in [4.69, 9.17) is 4.74 Å². The molecule has 4 rings (SSSR count). The Morgan fingerprint density at radius 2 is 1.83 bits per heavy atom. The van der Waals surface area contributed by atoms with Crippen molar-refractivity contribution in [1.82, 2.24) is 9.80 Å². The summed E-state index contributed by atoms with van der Waals surface area (Å²) in [5.74, 6) is -3.68. The summed E-state index contributed by atoms with van der Waals surface area (Å²) in [6.07, 6.45) is 0.0443. The molecule has 12 heteroatoms. The third kappa shape index (κ3) is 6.80. The van der Waals surface area contributed by atoms with Gasteiger partial charge in [0.15, 0.2) is 0 Å². The topological polar surface area (TPSA) is 94.5 Å². The normalized spacial score (nSPS) is 23.6. The number of likely N-dealkylation sites (N-methyl/N-ethyl adjacent to an activating group) is 1. The predicted molar refractivity (Wildman–Crippen MR) is 151 cm³/mol. The number of hydrogen-bond donors (Lipinski definition) is 1. The van der Waals surface area contributed by atoms with Crippen molar-refractivity contribution in [2.75, 3.05) is 43.4 Å². The number of carbonyl (C=O) groups is 3. The number of hydrogen-bond acceptors (Lipinski definition) is 6. The van der Waals surface area contributed by atoms with E-state index in [-0.39, 0.29) is 36.0 Å². The summed E-state index contributed by atoms with van der Waals surface area (Å²) in [6.45, 7) is 9.17. The highest BCUT2D eigenvalue weighted by Gasteiger charge is 2.33. The smallest absolute Gasteiger partial charge is 0.410 e. The van der Waals surface area contributed by atoms with Gasteiger partial charge in [0.1, 0.15) is 11.7 Å². The van der Waals surface area contributed by atoms with Gasteiger partial charge in [-0.2, -0.15) is 0 Å². The number of anilines is 2. The van der Waals surface area contributed by atoms with E-state index in [2.05, 4.69) is 15.2 Å². The van der Waals surface area contributed by atoms with E-state index in [1.165, 1.54) is 17.0 Å². The highest BCUT2D eigenvalue weighted by Crippen LogP contribution is 2.36. The minimum atomic E-state index is -3.03. The van der Waals surface area contributed by atoms with Crippen molar-refractivity contribution >= 4 is 41.1 Å². The van der Waals surface area contributed by atoms with Crippen molar-refractivity contribution in [2.45, 2.75) is 58.7 Å². The number of aliphatic imine (C=N–C) groups is 1. The van der Waals surface area contributed by atoms with E-state index in [0.717, 1.165) is 6.21 Å². The van der Waals surface area contributed by atoms with Crippen molar-refractivity contribution in [3.63, 3.8) is 0 Å². The lowest BCUT2D eigenvalue weighted by molar-refractivity contribution is -0.117. The third-order valence-electron chi connectivity index (χ3n) is 7.67. The monoisotopic (exact) mass is 575 g/mol. The second-order valence-corrected chi connectivity index (χ2v) is 11.0. The Kier molecular flexibility index (Phi) is 9.21. The molecule has 41 heavy (non-hydrogen) atoms. The average Bonchev–Trinajstić information content (AvgIpc) is 2.91. The van der Waals surface area contributed by atoms with Gasteiger partial charge in [-0.1, -0.05) is 6.08 Å². The largest absolute Gasteiger partial charge is 0.447 e. The lowest BCUT2D eigenvalue weighted by atomic mass is 9.95. The Balaban J connectivity index is 1.71. The Morgan fingerprint density at radius 1 is 1.15 bits per heavy atom. The molecule has 222 valence electrons. The van der Waals surface area contributed by atoms with Gasteiger partial charge in [0.25, 0.3) is 12.3 Å². The fourth-order valence-corrected chi connectivity index (χ4v) is 5.27. The van der Waals surface area contributed by atoms with E-state index >= 15 is 4.39 Å². The van der Waals surface area contributed by atoms with Gasteiger partial charge >= 0.3 is 6.09 Å². The number of carbonyl (C=O) groups excluding carboxylic acids is 3. The molecule has 0 bridgehead atoms. The Hall–Kier alpha value is -3.67. The summed E-state index contributed by atoms with van der Waals surface area (Å²) < 4.78 is 48.5. The van der Waals surface area contributed by atoms with Crippen molar-refractivity contribution < 1.29 is 32.3 Å². The number of amides is 3. The molecule has 0 aromatic heterocycles. The minimum absolute atomic E-state index is 0.105. The summed E-state index contributed by atoms with van der Waals surface area (Å²) in [7, 11) is 2.01. The molecular weight excluding hydrogens is 539 g/mol. The summed E-state index contributed by atoms with van der Waals surface area (Å²) >= 11 is 0. The molecule has 1 unspecified atom stereocenters. The number of alkyl halides is 2. The van der Waals surface area contributed by atoms with E-state index in [9.17, 15) is 23.2 Å². The maximum absolute atomic E-state index is 15.8. The molecule has 0 saturated carbocycles. The molecule has 1 aromatic rings. The van der Waals surface area contributed by atoms with Gasteiger partial charge in [-0.05, 0) is 58.9 Å². The molecule has 9 nitrogen and oxygen atoms in total. The van der Waals surface area contributed by atoms with Gasteiger partial charge in [-0.15, -0.1) is 0 Å². The fourth-order valence-electron chi connectivity index (χ4n) is 5.27. The summed E-state index contributed by atoms with van der Waals surface area (Å²) in [5, 5.41) is 2.71. The number of ether oxygens (including phenoxy) is 1. The summed E-state index contributed by atoms with van der Waals surface area (Å²) in [5.41, 5.74) is 0.706. The zero-order valence-electron chi connectivity index (χ0n) is 23.9. The maximum Gasteiger partial charge on any atom is 0.410 e. The lowest BCUT2D eigenvalue weighted by Crippen LogP contribution is -2.55. The molecule has 3 heterocycles. The zero-order valence-corrected chi connectivity index (χ0v) is 23.9. The van der Waals surface area contributed by atoms with Crippen LogP contribution in [0.4, 0.5) is 29.3 Å². The SMILES string of the molecule is CC(C)OC(=O)N1CCC=C(c2cc(NC(=O)C3C=NC(=O)C=C3C(F)F)c(N3C[C@@H](C)N(C)[C@@H](C)C3)cc2F)C1. The van der Waals surface area contributed by atoms with Gasteiger partial charge in [0.05, 0.1) is 17.5 Å². The van der Waals surface area contributed by atoms with E-state index < -0.39 is 41.6 Å². The minimum Gasteiger partial charge on any atom is -0.447 e. The Bertz CT molecular complexity index is 1280. The van der Waals surface area contributed by atoms with Crippen LogP contribution in [0.5, 0.6) is 0 Å². The number of nitrogens with one attached hydrogen (secondary N) is 1. The Labute approximate surface area is 237 Å². The van der Waals surface area contributed by atoms with Crippen LogP contribution in [0.15, 0.2) is 34.9 Å². The first-order valence-corrected chi connectivity index (χ1v) is 13.7. The molecule has 3 amide bonds. The standard InChI is InChI=1S/C29H36F3N5O4/c1-16(2)41-29(40)36-8-6-7-19(15-36)20-9-24(34-28(39)22-12-33-26(38)10-21(22)27(31)32)25(11-23(20)30)37-13-17(3)35(5)18(4)14-37/h7,9-12,16-18,22,27H,6,8,13-15H2,1-5H3,(H,34,39)/t17-,18+,22?. The van der Waals surface area contributed by atoms with Crippen molar-refractivity contribution in [1.29, 1.82) is 0 Å². The second kappa shape index (κ2) is 12.5. The molecule has 3 aliphatic heterocycles. The van der Waals surface area contributed by atoms with Gasteiger partial charge in [0, 0.05) is 61.7 Å². The predicted octanol–water partition coefficient (Wildman–Crippen LogP) is 4.35. The molecule has 0 radical (unpaired) electrons. The first-order valence-electron chi connectivity index (χ1n) is 13.7. The molecule has 1 saturated heterocycles. The molecule has 3 aliphatic rings. The van der Waals surface area contributed by atoms with E-state index in [1.54, 1.807) is 13.8 Å². The van der Waals surface area contributed by atoms with Crippen LogP contribution < -0.4 is 10.2 Å². The third-order valence-corrected chi connectivity index (χ3v) is 7.67. The average molecular weight is 576 g/mol. The van der Waals surface area contributed by atoms with E-state index in [0.29, 0.717) is 43.4 Å². The van der Waals surface area contributed by atoms with Crippen molar-refractivity contribution in [2.24, 2.45) is 10.9 Å². The van der Waals surface area contributed by atoms with Gasteiger partial charge in [-0.3, -0.25) is 14.5 Å². The van der Waals surface area contributed by atoms with Crippen LogP contribution in [0.2, 0.25) is 0 Å². The number of rotatable bonds is 6. The van der Waals surface area contributed by atoms with Crippen LogP contribution in [0, 0.1) is 11.7 Å². The van der Waals surface area contributed by atoms with Crippen LogP contribution in [0.25, 0.3) is 5.57 Å². The summed E-state index contributed by atoms with van der Waals surface area (Å²) in [6, 6.07) is 3.06. The molecule has 1 aromatic carbocycles. The maximum atomic E-state index is 15.8. The fraction of sp³-hybridized carbons (Fsp3) is 0.517. The van der Waals surface area contributed by atoms with Crippen LogP contribution in [-0.2, 0) is 14.3 Å². The van der Waals surface area contributed by atoms with Crippen LogP contribution in [0.3, 0.4) is 0 Å². The van der Waals surface area contributed by atoms with Crippen LogP contribution >= 0.6 is 0 Å². The highest BCUT2D eigenvalue weighted by molar-refractivity contribution is 6.11. The van der Waals surface area contributed by atoms with Gasteiger partial charge < -0.3 is 19.9 Å². The lowest BCUT2D eigenvalue weighted by Gasteiger charge is -2.44. The number of benzene rings is 1. The van der Waals surface area contributed by atoms with Crippen LogP contribution in [0.1, 0.15) is 39.7 Å². The van der Waals surface area contributed by atoms with Crippen molar-refractivity contribution in [3.05, 3.63) is 41.2 Å². The first kappa shape index (κ1) is 30.3. The highest BCUT2D eigenvalue weighted by atomic mass is 19.3. The summed E-state index contributed by atoms with van der Waals surface area (Å²) in [4.78, 5) is 46.6. The number of nitrogens with zero attached hydrogens (tertiary/aromatic N) is 4. The van der Waals surface area contributed by atoms with Crippen molar-refractivity contribution in [3.8, 4) is 0 Å².